The van der Waals surface area contributed by atoms with Crippen LogP contribution in [0.2, 0.25) is 0 Å². The zero-order valence-corrected chi connectivity index (χ0v) is 51.0. The molecule has 0 aromatic heterocycles. The van der Waals surface area contributed by atoms with Crippen LogP contribution in [-0.2, 0) is 9.59 Å². The molecular weight excluding hydrogens is 903 g/mol. The predicted octanol–water partition coefficient (Wildman–Crippen LogP) is 23.8. The van der Waals surface area contributed by atoms with Crippen LogP contribution in [-0.4, -0.2) is 29.4 Å². The zero-order chi connectivity index (χ0) is 53.4. The molecule has 0 fully saturated rings. The van der Waals surface area contributed by atoms with Gasteiger partial charge in [0.25, 0.3) is 0 Å². The van der Waals surface area contributed by atoms with Crippen LogP contribution in [0.25, 0.3) is 0 Å². The minimum absolute atomic E-state index is 0.0594. The van der Waals surface area contributed by atoms with Crippen molar-refractivity contribution in [2.45, 2.75) is 418 Å². The summed E-state index contributed by atoms with van der Waals surface area (Å²) in [6.07, 6.45) is 86.7. The summed E-state index contributed by atoms with van der Waals surface area (Å²) in [7, 11) is 0. The number of carbonyl (C=O) groups is 2. The number of hydrogen-bond donors (Lipinski definition) is 2. The number of aliphatic hydroxyl groups excluding tert-OH is 1. The molecule has 0 aromatic rings. The van der Waals surface area contributed by atoms with Gasteiger partial charge in [-0.05, 0) is 51.4 Å². The van der Waals surface area contributed by atoms with Gasteiger partial charge in [-0.15, -0.1) is 0 Å². The van der Waals surface area contributed by atoms with Crippen molar-refractivity contribution >= 4 is 11.7 Å². The van der Waals surface area contributed by atoms with Crippen molar-refractivity contribution in [1.29, 1.82) is 0 Å². The molecular formula is C70H137NO3. The van der Waals surface area contributed by atoms with Gasteiger partial charge in [-0.3, -0.25) is 9.59 Å². The molecule has 0 saturated carbocycles. The number of ketones is 1. The maximum absolute atomic E-state index is 12.5. The first-order valence-electron chi connectivity index (χ1n) is 34.7. The summed E-state index contributed by atoms with van der Waals surface area (Å²) < 4.78 is 0. The number of carbonyl (C=O) groups excluding carboxylic acids is 2. The molecule has 0 unspecified atom stereocenters. The third-order valence-corrected chi connectivity index (χ3v) is 16.6. The Morgan fingerprint density at radius 3 is 0.770 bits per heavy atom. The molecule has 0 spiro atoms. The summed E-state index contributed by atoms with van der Waals surface area (Å²) in [6, 6.07) is -0.0594. The largest absolute Gasteiger partial charge is 0.394 e. The first kappa shape index (κ1) is 72.8. The van der Waals surface area contributed by atoms with Gasteiger partial charge in [-0.2, -0.15) is 0 Å². The number of rotatable bonds is 66. The van der Waals surface area contributed by atoms with Gasteiger partial charge in [0.05, 0.1) is 12.6 Å². The van der Waals surface area contributed by atoms with Crippen LogP contribution in [0.15, 0.2) is 12.2 Å². The monoisotopic (exact) mass is 1040 g/mol. The Kier molecular flexibility index (Phi) is 65.1. The summed E-state index contributed by atoms with van der Waals surface area (Å²) in [6.45, 7) is 4.65. The lowest BCUT2D eigenvalue weighted by Crippen LogP contribution is -2.37. The van der Waals surface area contributed by atoms with Gasteiger partial charge >= 0.3 is 0 Å². The Labute approximate surface area is 466 Å². The van der Waals surface area contributed by atoms with Crippen LogP contribution in [0.5, 0.6) is 0 Å². The van der Waals surface area contributed by atoms with Gasteiger partial charge in [0.15, 0.2) is 0 Å². The van der Waals surface area contributed by atoms with Gasteiger partial charge in [0.2, 0.25) is 5.91 Å². The van der Waals surface area contributed by atoms with Crippen LogP contribution in [0.3, 0.4) is 0 Å². The van der Waals surface area contributed by atoms with Crippen LogP contribution in [0.4, 0.5) is 0 Å². The topological polar surface area (TPSA) is 66.4 Å². The first-order valence-corrected chi connectivity index (χ1v) is 34.7. The van der Waals surface area contributed by atoms with E-state index in [1.807, 2.05) is 0 Å². The molecule has 440 valence electrons. The lowest BCUT2D eigenvalue weighted by Gasteiger charge is -2.16. The fraction of sp³-hybridized carbons (Fsp3) is 0.943. The maximum Gasteiger partial charge on any atom is 0.220 e. The molecule has 0 rings (SSSR count). The summed E-state index contributed by atoms with van der Waals surface area (Å²) >= 11 is 0. The number of hydrogen-bond acceptors (Lipinski definition) is 3. The summed E-state index contributed by atoms with van der Waals surface area (Å²) in [5, 5.41) is 12.9. The second-order valence-electron chi connectivity index (χ2n) is 24.2. The number of Topliss-reactive ketones (excluding diaryl/α,β-unsaturated/α-hetero) is 1. The maximum atomic E-state index is 12.5. The van der Waals surface area contributed by atoms with E-state index in [0.717, 1.165) is 51.4 Å². The Hall–Kier alpha value is -1.16. The Balaban J connectivity index is 3.27. The average Bonchev–Trinajstić information content (AvgIpc) is 3.40. The number of allylic oxidation sites excluding steroid dienone is 2. The van der Waals surface area contributed by atoms with Crippen molar-refractivity contribution in [1.82, 2.24) is 5.32 Å². The van der Waals surface area contributed by atoms with Crippen molar-refractivity contribution < 1.29 is 14.7 Å². The van der Waals surface area contributed by atoms with E-state index in [0.29, 0.717) is 12.2 Å². The van der Waals surface area contributed by atoms with Gasteiger partial charge in [0, 0.05) is 19.3 Å². The third kappa shape index (κ3) is 63.4. The van der Waals surface area contributed by atoms with Crippen LogP contribution < -0.4 is 5.32 Å². The van der Waals surface area contributed by atoms with Crippen LogP contribution >= 0.6 is 0 Å². The van der Waals surface area contributed by atoms with Crippen LogP contribution in [0, 0.1) is 0 Å². The second kappa shape index (κ2) is 66.1. The third-order valence-electron chi connectivity index (χ3n) is 16.6. The highest BCUT2D eigenvalue weighted by Crippen LogP contribution is 2.19. The fourth-order valence-corrected chi connectivity index (χ4v) is 11.3. The molecule has 0 aliphatic rings. The summed E-state index contributed by atoms with van der Waals surface area (Å²) in [5.74, 6) is 0.656. The molecule has 4 nitrogen and oxygen atoms in total. The van der Waals surface area contributed by atoms with E-state index < -0.39 is 0 Å². The predicted molar refractivity (Wildman–Crippen MR) is 331 cm³/mol. The van der Waals surface area contributed by atoms with Crippen molar-refractivity contribution in [3.05, 3.63) is 12.2 Å². The van der Waals surface area contributed by atoms with Gasteiger partial charge in [-0.25, -0.2) is 0 Å². The van der Waals surface area contributed by atoms with E-state index in [2.05, 4.69) is 31.3 Å². The second-order valence-corrected chi connectivity index (χ2v) is 24.2. The zero-order valence-electron chi connectivity index (χ0n) is 51.0. The minimum Gasteiger partial charge on any atom is -0.394 e. The number of unbranched alkanes of at least 4 members (excludes halogenated alkanes) is 54. The molecule has 0 radical (unpaired) electrons. The quantitative estimate of drug-likeness (QED) is 0.0471. The van der Waals surface area contributed by atoms with Crippen molar-refractivity contribution in [2.24, 2.45) is 0 Å². The fourth-order valence-electron chi connectivity index (χ4n) is 11.3. The molecule has 74 heavy (non-hydrogen) atoms. The van der Waals surface area contributed by atoms with E-state index in [4.69, 9.17) is 0 Å². The molecule has 0 bridgehead atoms. The average molecular weight is 1040 g/mol. The highest BCUT2D eigenvalue weighted by atomic mass is 16.3. The van der Waals surface area contributed by atoms with Gasteiger partial charge < -0.3 is 10.4 Å². The molecule has 0 aromatic carbocycles. The highest BCUT2D eigenvalue weighted by molar-refractivity contribution is 5.78. The number of aliphatic hydroxyl groups is 1. The van der Waals surface area contributed by atoms with Crippen LogP contribution in [0.1, 0.15) is 412 Å². The standard InChI is InChI=1S/C70H137NO3/c1-3-5-7-9-11-13-15-17-19-20-30-33-36-40-44-48-52-56-60-64-69(73)65-61-57-53-49-45-41-37-34-31-28-26-24-22-21-23-25-27-29-32-35-38-42-46-50-54-58-62-66-70(74)71-68(67-72)63-59-55-51-47-43-39-18-16-14-12-10-8-6-4-2/h17,19,68,72H,3-16,18,20-67H2,1-2H3,(H,71,74)/b19-17-/t68-/m0/s1. The molecule has 4 heteroatoms. The number of amides is 1. The lowest BCUT2D eigenvalue weighted by molar-refractivity contribution is -0.122. The summed E-state index contributed by atoms with van der Waals surface area (Å²) in [4.78, 5) is 24.8. The molecule has 0 heterocycles. The van der Waals surface area contributed by atoms with E-state index in [1.165, 1.54) is 340 Å². The van der Waals surface area contributed by atoms with Crippen molar-refractivity contribution in [3.63, 3.8) is 0 Å². The van der Waals surface area contributed by atoms with E-state index in [1.54, 1.807) is 0 Å². The Morgan fingerprint density at radius 2 is 0.514 bits per heavy atom. The molecule has 0 saturated heterocycles. The molecule has 2 N–H and O–H groups in total. The smallest absolute Gasteiger partial charge is 0.220 e. The molecule has 1 atom stereocenters. The molecule has 0 aliphatic carbocycles. The van der Waals surface area contributed by atoms with Crippen molar-refractivity contribution in [2.75, 3.05) is 6.61 Å². The highest BCUT2D eigenvalue weighted by Gasteiger charge is 2.11. The number of nitrogens with one attached hydrogen (secondary N) is 1. The van der Waals surface area contributed by atoms with E-state index >= 15 is 0 Å². The Morgan fingerprint density at radius 1 is 0.297 bits per heavy atom. The molecule has 0 aliphatic heterocycles. The first-order chi connectivity index (χ1) is 36.6. The van der Waals surface area contributed by atoms with Crippen molar-refractivity contribution in [3.8, 4) is 0 Å². The van der Waals surface area contributed by atoms with Gasteiger partial charge in [-0.1, -0.05) is 353 Å². The normalized spacial score (nSPS) is 12.1. The molecule has 1 amide bonds. The van der Waals surface area contributed by atoms with E-state index in [-0.39, 0.29) is 18.6 Å². The lowest BCUT2D eigenvalue weighted by atomic mass is 10.0. The van der Waals surface area contributed by atoms with E-state index in [9.17, 15) is 14.7 Å². The Bertz CT molecular complexity index is 1090. The summed E-state index contributed by atoms with van der Waals surface area (Å²) in [5.41, 5.74) is 0. The minimum atomic E-state index is -0.0594. The van der Waals surface area contributed by atoms with Gasteiger partial charge in [0.1, 0.15) is 5.78 Å². The SMILES string of the molecule is CCCCCCCC/C=C\CCCCCCCCCCCC(=O)CCCCCCCCCCCCCCCCCCCCCCCCCCCCCC(=O)N[C@H](CO)CCCCCCCCCCCCCCCC.